The maximum absolute atomic E-state index is 12.4. The molecule has 0 unspecified atom stereocenters. The van der Waals surface area contributed by atoms with Crippen LogP contribution in [0.3, 0.4) is 0 Å². The fourth-order valence-electron chi connectivity index (χ4n) is 2.75. The highest BCUT2D eigenvalue weighted by molar-refractivity contribution is 9.10. The number of hydrogen-bond donors (Lipinski definition) is 2. The second kappa shape index (κ2) is 8.83. The Morgan fingerprint density at radius 1 is 1.00 bits per heavy atom. The van der Waals surface area contributed by atoms with E-state index in [1.54, 1.807) is 18.3 Å². The Morgan fingerprint density at radius 3 is 2.40 bits per heavy atom. The van der Waals surface area contributed by atoms with Crippen LogP contribution < -0.4 is 20.9 Å². The molecule has 0 aliphatic heterocycles. The predicted octanol–water partition coefficient (Wildman–Crippen LogP) is 5.39. The van der Waals surface area contributed by atoms with E-state index in [0.717, 1.165) is 11.3 Å². The van der Waals surface area contributed by atoms with Crippen LogP contribution in [0.4, 0.5) is 24.5 Å². The zero-order valence-corrected chi connectivity index (χ0v) is 17.5. The quantitative estimate of drug-likeness (QED) is 0.461. The molecule has 0 bridgehead atoms. The minimum Gasteiger partial charge on any atom is -0.487 e. The van der Waals surface area contributed by atoms with Gasteiger partial charge in [0.1, 0.15) is 18.1 Å². The van der Waals surface area contributed by atoms with Crippen molar-refractivity contribution in [2.45, 2.75) is 26.3 Å². The van der Waals surface area contributed by atoms with Gasteiger partial charge in [-0.2, -0.15) is 0 Å². The first kappa shape index (κ1) is 21.8. The van der Waals surface area contributed by atoms with Crippen molar-refractivity contribution in [1.82, 2.24) is 4.98 Å². The minimum absolute atomic E-state index is 0.260. The van der Waals surface area contributed by atoms with E-state index in [4.69, 9.17) is 16.2 Å². The molecule has 30 heavy (non-hydrogen) atoms. The summed E-state index contributed by atoms with van der Waals surface area (Å²) in [6.07, 6.45) is -2.66. The molecular formula is C21H19BrF3N3O2. The lowest BCUT2D eigenvalue weighted by Crippen LogP contribution is -2.17. The fraction of sp³-hybridized carbons (Fsp3) is 0.190. The molecule has 0 aliphatic rings. The Balaban J connectivity index is 1.78. The van der Waals surface area contributed by atoms with Crippen molar-refractivity contribution in [3.05, 3.63) is 75.5 Å². The zero-order chi connectivity index (χ0) is 21.9. The van der Waals surface area contributed by atoms with Gasteiger partial charge in [-0.3, -0.25) is 4.98 Å². The minimum atomic E-state index is -4.75. The van der Waals surface area contributed by atoms with Gasteiger partial charge in [-0.05, 0) is 47.9 Å². The van der Waals surface area contributed by atoms with Crippen molar-refractivity contribution in [2.24, 2.45) is 0 Å². The number of rotatable bonds is 6. The van der Waals surface area contributed by atoms with E-state index < -0.39 is 6.36 Å². The highest BCUT2D eigenvalue weighted by atomic mass is 79.9. The number of hydrogen-bond acceptors (Lipinski definition) is 5. The number of nitrogen functional groups attached to an aromatic ring is 2. The average Bonchev–Trinajstić information content (AvgIpc) is 2.66. The summed E-state index contributed by atoms with van der Waals surface area (Å²) in [5.74, 6) is 0.209. The number of nitrogens with two attached hydrogens (primary N) is 2. The van der Waals surface area contributed by atoms with Crippen molar-refractivity contribution < 1.29 is 22.6 Å². The summed E-state index contributed by atoms with van der Waals surface area (Å²) in [7, 11) is 0. The molecule has 5 nitrogen and oxygen atoms in total. The summed E-state index contributed by atoms with van der Waals surface area (Å²) >= 11 is 3.28. The van der Waals surface area contributed by atoms with Crippen molar-refractivity contribution >= 4 is 27.3 Å². The van der Waals surface area contributed by atoms with Gasteiger partial charge in [0.15, 0.2) is 0 Å². The maximum atomic E-state index is 12.4. The van der Waals surface area contributed by atoms with Gasteiger partial charge in [0.2, 0.25) is 0 Å². The zero-order valence-electron chi connectivity index (χ0n) is 16.0. The molecule has 4 N–H and O–H groups in total. The largest absolute Gasteiger partial charge is 0.573 e. The Bertz CT molecular complexity index is 1040. The first-order valence-corrected chi connectivity index (χ1v) is 9.66. The third-order valence-corrected chi connectivity index (χ3v) is 5.01. The van der Waals surface area contributed by atoms with Crippen LogP contribution in [0.15, 0.2) is 53.1 Å². The van der Waals surface area contributed by atoms with Crippen LogP contribution in [0.1, 0.15) is 22.4 Å². The summed E-state index contributed by atoms with van der Waals surface area (Å²) in [6.45, 7) is 2.21. The Morgan fingerprint density at radius 2 is 1.77 bits per heavy atom. The molecule has 158 valence electrons. The smallest absolute Gasteiger partial charge is 0.487 e. The molecule has 1 heterocycles. The monoisotopic (exact) mass is 481 g/mol. The van der Waals surface area contributed by atoms with E-state index in [1.165, 1.54) is 18.2 Å². The summed E-state index contributed by atoms with van der Waals surface area (Å²) in [5, 5.41) is 0. The number of aryl methyl sites for hydroxylation is 1. The standard InChI is InChI=1S/C21H19BrF3N3O2/c1-12-2-4-15(28-10-12)11-29-17-7-14(20(27)19(26)9-17)6-13-3-5-16(8-18(13)22)30-21(23,24)25/h2-5,7-10H,6,11,26-27H2,1H3. The normalized spacial score (nSPS) is 11.4. The van der Waals surface area contributed by atoms with Gasteiger partial charge in [0.05, 0.1) is 17.1 Å². The van der Waals surface area contributed by atoms with E-state index in [9.17, 15) is 13.2 Å². The Kier molecular flexibility index (Phi) is 6.40. The Labute approximate surface area is 179 Å². The first-order chi connectivity index (χ1) is 14.1. The van der Waals surface area contributed by atoms with Crippen molar-refractivity contribution in [1.29, 1.82) is 0 Å². The van der Waals surface area contributed by atoms with Crippen LogP contribution in [0.2, 0.25) is 0 Å². The number of aromatic nitrogens is 1. The van der Waals surface area contributed by atoms with E-state index in [2.05, 4.69) is 25.7 Å². The number of benzene rings is 2. The van der Waals surface area contributed by atoms with Crippen molar-refractivity contribution in [2.75, 3.05) is 11.5 Å². The molecule has 0 aliphatic carbocycles. The molecule has 0 amide bonds. The third kappa shape index (κ3) is 5.79. The summed E-state index contributed by atoms with van der Waals surface area (Å²) in [6, 6.07) is 11.2. The van der Waals surface area contributed by atoms with Gasteiger partial charge in [-0.25, -0.2) is 0 Å². The predicted molar refractivity (Wildman–Crippen MR) is 112 cm³/mol. The molecule has 0 fully saturated rings. The van der Waals surface area contributed by atoms with E-state index in [-0.39, 0.29) is 12.4 Å². The van der Waals surface area contributed by atoms with Gasteiger partial charge < -0.3 is 20.9 Å². The lowest BCUT2D eigenvalue weighted by atomic mass is 10.0. The highest BCUT2D eigenvalue weighted by Crippen LogP contribution is 2.33. The summed E-state index contributed by atoms with van der Waals surface area (Å²) in [4.78, 5) is 4.29. The van der Waals surface area contributed by atoms with Crippen molar-refractivity contribution in [3.63, 3.8) is 0 Å². The van der Waals surface area contributed by atoms with Crippen molar-refractivity contribution in [3.8, 4) is 11.5 Å². The number of anilines is 2. The Hall–Kier alpha value is -2.94. The molecule has 0 spiro atoms. The molecular weight excluding hydrogens is 463 g/mol. The van der Waals surface area contributed by atoms with Gasteiger partial charge in [-0.15, -0.1) is 13.2 Å². The highest BCUT2D eigenvalue weighted by Gasteiger charge is 2.31. The number of alkyl halides is 3. The average molecular weight is 482 g/mol. The van der Waals surface area contributed by atoms with Gasteiger partial charge in [-0.1, -0.05) is 28.1 Å². The van der Waals surface area contributed by atoms with E-state index in [1.807, 2.05) is 19.1 Å². The third-order valence-electron chi connectivity index (χ3n) is 4.27. The number of pyridine rings is 1. The van der Waals surface area contributed by atoms with Crippen LogP contribution in [-0.2, 0) is 13.0 Å². The molecule has 0 atom stereocenters. The molecule has 3 aromatic rings. The van der Waals surface area contributed by atoms with E-state index >= 15 is 0 Å². The topological polar surface area (TPSA) is 83.4 Å². The second-order valence-electron chi connectivity index (χ2n) is 6.68. The molecule has 0 saturated heterocycles. The first-order valence-electron chi connectivity index (χ1n) is 8.87. The number of ether oxygens (including phenoxy) is 2. The fourth-order valence-corrected chi connectivity index (χ4v) is 3.25. The second-order valence-corrected chi connectivity index (χ2v) is 7.53. The van der Waals surface area contributed by atoms with Crippen LogP contribution in [-0.4, -0.2) is 11.3 Å². The summed E-state index contributed by atoms with van der Waals surface area (Å²) in [5.41, 5.74) is 16.1. The van der Waals surface area contributed by atoms with E-state index in [0.29, 0.717) is 39.1 Å². The van der Waals surface area contributed by atoms with Crippen LogP contribution in [0.5, 0.6) is 11.5 Å². The van der Waals surface area contributed by atoms with Crippen LogP contribution in [0, 0.1) is 6.92 Å². The number of halogens is 4. The lowest BCUT2D eigenvalue weighted by Gasteiger charge is -2.15. The van der Waals surface area contributed by atoms with Crippen LogP contribution >= 0.6 is 15.9 Å². The molecule has 0 radical (unpaired) electrons. The van der Waals surface area contributed by atoms with Gasteiger partial charge in [0.25, 0.3) is 0 Å². The molecule has 9 heteroatoms. The van der Waals surface area contributed by atoms with Gasteiger partial charge in [0, 0.05) is 23.2 Å². The summed E-state index contributed by atoms with van der Waals surface area (Å²) < 4.78 is 47.4. The number of nitrogens with zero attached hydrogens (tertiary/aromatic N) is 1. The maximum Gasteiger partial charge on any atom is 0.573 e. The molecule has 2 aromatic carbocycles. The lowest BCUT2D eigenvalue weighted by molar-refractivity contribution is -0.274. The van der Waals surface area contributed by atoms with Crippen LogP contribution in [0.25, 0.3) is 0 Å². The SMILES string of the molecule is Cc1ccc(COc2cc(N)c(N)c(Cc3ccc(OC(F)(F)F)cc3Br)c2)nc1. The molecule has 3 rings (SSSR count). The molecule has 1 aromatic heterocycles. The van der Waals surface area contributed by atoms with Gasteiger partial charge >= 0.3 is 6.36 Å². The molecule has 0 saturated carbocycles.